The van der Waals surface area contributed by atoms with E-state index >= 15 is 0 Å². The van der Waals surface area contributed by atoms with E-state index in [1.807, 2.05) is 35.2 Å². The molecule has 1 aromatic heterocycles. The predicted molar refractivity (Wildman–Crippen MR) is 168 cm³/mol. The first-order valence-electron chi connectivity index (χ1n) is 15.6. The van der Waals surface area contributed by atoms with Crippen LogP contribution in [-0.4, -0.2) is 67.5 Å². The lowest BCUT2D eigenvalue weighted by atomic mass is 9.85. The Morgan fingerprint density at radius 2 is 1.85 bits per heavy atom. The Morgan fingerprint density at radius 1 is 1.09 bits per heavy atom. The summed E-state index contributed by atoms with van der Waals surface area (Å²) in [6.07, 6.45) is 4.65. The van der Waals surface area contributed by atoms with Gasteiger partial charge in [-0.15, -0.1) is 11.3 Å². The minimum absolute atomic E-state index is 0.0910. The number of nitrogens with one attached hydrogen (secondary N) is 1. The van der Waals surface area contributed by atoms with Crippen LogP contribution >= 0.6 is 18.9 Å². The molecule has 10 nitrogen and oxygen atoms in total. The quantitative estimate of drug-likeness (QED) is 0.314. The Bertz CT molecular complexity index is 1800. The number of fused-ring (bicyclic) bond motifs is 2. The lowest BCUT2D eigenvalue weighted by molar-refractivity contribution is -0.147. The van der Waals surface area contributed by atoms with Gasteiger partial charge >= 0.3 is 7.60 Å². The summed E-state index contributed by atoms with van der Waals surface area (Å²) in [5.41, 5.74) is 0.362. The second-order valence-electron chi connectivity index (χ2n) is 13.0. The van der Waals surface area contributed by atoms with Crippen molar-refractivity contribution in [2.24, 2.45) is 5.92 Å². The van der Waals surface area contributed by atoms with E-state index in [0.717, 1.165) is 36.2 Å². The number of hydrogen-bond donors (Lipinski definition) is 3. The Labute approximate surface area is 269 Å². The summed E-state index contributed by atoms with van der Waals surface area (Å²) in [4.78, 5) is 64.1. The maximum Gasteiger partial charge on any atom is 0.363 e. The summed E-state index contributed by atoms with van der Waals surface area (Å²) in [5, 5.41) is 13.5. The molecule has 1 spiro atoms. The third kappa shape index (κ3) is 5.23. The molecule has 3 aromatic rings. The minimum atomic E-state index is -4.98. The van der Waals surface area contributed by atoms with Crippen LogP contribution < -0.4 is 5.32 Å². The maximum absolute atomic E-state index is 14.3. The van der Waals surface area contributed by atoms with E-state index in [4.69, 9.17) is 0 Å². The van der Waals surface area contributed by atoms with Crippen LogP contribution in [0.1, 0.15) is 77.6 Å². The third-order valence-corrected chi connectivity index (χ3v) is 12.3. The number of halogens is 1. The van der Waals surface area contributed by atoms with E-state index in [2.05, 4.69) is 11.4 Å². The van der Waals surface area contributed by atoms with Crippen LogP contribution in [0, 0.1) is 17.2 Å². The van der Waals surface area contributed by atoms with Crippen LogP contribution in [0.5, 0.6) is 0 Å². The van der Waals surface area contributed by atoms with Crippen molar-refractivity contribution in [3.05, 3.63) is 70.6 Å². The molecule has 3 aliphatic heterocycles. The largest absolute Gasteiger partial charge is 0.363 e. The van der Waals surface area contributed by atoms with Gasteiger partial charge in [0.15, 0.2) is 0 Å². The molecule has 2 aromatic carbocycles. The van der Waals surface area contributed by atoms with Gasteiger partial charge in [0.2, 0.25) is 17.7 Å². The number of carbonyl (C=O) groups is 3. The lowest BCUT2D eigenvalue weighted by Gasteiger charge is -2.35. The summed E-state index contributed by atoms with van der Waals surface area (Å²) in [6.45, 7) is 0.440. The van der Waals surface area contributed by atoms with Gasteiger partial charge in [0.1, 0.15) is 12.1 Å². The summed E-state index contributed by atoms with van der Waals surface area (Å²) in [7, 11) is -4.98. The minimum Gasteiger partial charge on any atom is -0.340 e. The molecule has 4 aliphatic rings. The van der Waals surface area contributed by atoms with Crippen molar-refractivity contribution < 1.29 is 33.1 Å². The second kappa shape index (κ2) is 11.6. The fourth-order valence-corrected chi connectivity index (χ4v) is 9.41. The number of amides is 3. The molecule has 13 heteroatoms. The second-order valence-corrected chi connectivity index (χ2v) is 15.7. The highest BCUT2D eigenvalue weighted by Crippen LogP contribution is 2.58. The van der Waals surface area contributed by atoms with Gasteiger partial charge in [-0.25, -0.2) is 4.39 Å². The first kappa shape index (κ1) is 31.0. The van der Waals surface area contributed by atoms with E-state index in [1.54, 1.807) is 4.90 Å². The van der Waals surface area contributed by atoms with E-state index in [0.29, 0.717) is 42.3 Å². The molecule has 3 amide bonds. The molecular formula is C33H34FN4O6PS. The van der Waals surface area contributed by atoms with Gasteiger partial charge in [-0.3, -0.25) is 18.9 Å². The van der Waals surface area contributed by atoms with Gasteiger partial charge in [0.25, 0.3) is 5.91 Å². The number of hydrogen-bond acceptors (Lipinski definition) is 6. The highest BCUT2D eigenvalue weighted by Gasteiger charge is 2.64. The fraction of sp³-hybridized carbons (Fsp3) is 0.455. The van der Waals surface area contributed by atoms with Crippen LogP contribution in [0.25, 0.3) is 10.1 Å². The summed E-state index contributed by atoms with van der Waals surface area (Å²) >= 11 is 1.14. The molecule has 4 heterocycles. The van der Waals surface area contributed by atoms with Crippen molar-refractivity contribution >= 4 is 46.7 Å². The van der Waals surface area contributed by atoms with Gasteiger partial charge in [0, 0.05) is 23.2 Å². The van der Waals surface area contributed by atoms with Gasteiger partial charge in [-0.2, -0.15) is 5.26 Å². The predicted octanol–water partition coefficient (Wildman–Crippen LogP) is 4.99. The van der Waals surface area contributed by atoms with Crippen molar-refractivity contribution in [2.75, 3.05) is 6.54 Å². The summed E-state index contributed by atoms with van der Waals surface area (Å²) < 4.78 is 26.3. The van der Waals surface area contributed by atoms with Crippen LogP contribution in [0.2, 0.25) is 0 Å². The first-order chi connectivity index (χ1) is 22.0. The molecule has 3 N–H and O–H groups in total. The van der Waals surface area contributed by atoms with E-state index in [-0.39, 0.29) is 40.1 Å². The Morgan fingerprint density at radius 3 is 2.54 bits per heavy atom. The normalized spacial score (nSPS) is 27.7. The maximum atomic E-state index is 14.3. The first-order valence-corrected chi connectivity index (χ1v) is 18.1. The average molecular weight is 665 g/mol. The van der Waals surface area contributed by atoms with E-state index in [9.17, 15) is 38.4 Å². The zero-order valence-corrected chi connectivity index (χ0v) is 26.6. The number of nitrogens with zero attached hydrogens (tertiary/aromatic N) is 3. The molecule has 46 heavy (non-hydrogen) atoms. The van der Waals surface area contributed by atoms with Gasteiger partial charge in [0.05, 0.1) is 22.4 Å². The van der Waals surface area contributed by atoms with Crippen molar-refractivity contribution in [3.63, 3.8) is 0 Å². The molecular weight excluding hydrogens is 630 g/mol. The molecule has 6 atom stereocenters. The molecule has 240 valence electrons. The van der Waals surface area contributed by atoms with Crippen molar-refractivity contribution in [3.8, 4) is 6.07 Å². The van der Waals surface area contributed by atoms with E-state index in [1.165, 1.54) is 24.3 Å². The topological polar surface area (TPSA) is 151 Å². The van der Waals surface area contributed by atoms with Crippen LogP contribution in [-0.2, 0) is 14.2 Å². The van der Waals surface area contributed by atoms with Crippen molar-refractivity contribution in [2.45, 2.75) is 80.4 Å². The van der Waals surface area contributed by atoms with Crippen molar-refractivity contribution in [1.29, 1.82) is 5.26 Å². The monoisotopic (exact) mass is 664 g/mol. The van der Waals surface area contributed by atoms with Crippen molar-refractivity contribution in [1.82, 2.24) is 15.1 Å². The Kier molecular flexibility index (Phi) is 7.80. The average Bonchev–Trinajstić information content (AvgIpc) is 3.42. The van der Waals surface area contributed by atoms with Gasteiger partial charge < -0.3 is 24.9 Å². The highest BCUT2D eigenvalue weighted by molar-refractivity contribution is 7.51. The Hall–Kier alpha value is -3.62. The van der Waals surface area contributed by atoms with Crippen LogP contribution in [0.3, 0.4) is 0 Å². The molecule has 0 bridgehead atoms. The van der Waals surface area contributed by atoms with E-state index < -0.39 is 37.0 Å². The molecule has 1 aliphatic carbocycles. The molecule has 3 saturated heterocycles. The number of nitriles is 1. The standard InChI is InChI=1S/C33H34FN4O6PS/c34-29(45(42,43)44)20-9-12-27-21(15-20)16-28(46-27)30(39)36-25-8-4-7-22-10-11-26(38(22)31(25)40)32(41)37-18-23(19-5-2-1-3-6-19)24(17-35)33(37)13-14-33/h1-3,5-6,9,12,15-16,22-26,29H,4,7-8,10-11,13-14,18H2,(H,36,39)(H2,42,43,44)/t22-,23+,24+,25-,26-,29+/m0/s1. The zero-order chi connectivity index (χ0) is 32.4. The lowest BCUT2D eigenvalue weighted by Crippen LogP contribution is -2.56. The molecule has 0 unspecified atom stereocenters. The SMILES string of the molecule is N#C[C@@H]1[C@@H](c2ccccc2)CN(C(=O)[C@@H]2CC[C@@H]3CCC[C@H](NC(=O)c4cc5cc([C@H](F)P(=O)(O)O)ccc5s4)C(=O)N32)C12CC2. The number of carbonyl (C=O) groups excluding carboxylic acids is 3. The van der Waals surface area contributed by atoms with Gasteiger partial charge in [-0.05, 0) is 79.7 Å². The summed E-state index contributed by atoms with van der Waals surface area (Å²) in [6, 6.07) is 16.4. The van der Waals surface area contributed by atoms with Crippen LogP contribution in [0.4, 0.5) is 4.39 Å². The molecule has 4 fully saturated rings. The Balaban J connectivity index is 1.09. The summed E-state index contributed by atoms with van der Waals surface area (Å²) in [5.74, 6) is -3.74. The van der Waals surface area contributed by atoms with Gasteiger partial charge in [-0.1, -0.05) is 36.4 Å². The number of likely N-dealkylation sites (tertiary alicyclic amines) is 1. The number of thiophene rings is 1. The molecule has 0 radical (unpaired) electrons. The zero-order valence-electron chi connectivity index (χ0n) is 24.9. The third-order valence-electron chi connectivity index (χ3n) is 10.3. The number of alkyl halides is 1. The van der Waals surface area contributed by atoms with Crippen LogP contribution in [0.15, 0.2) is 54.6 Å². The smallest absolute Gasteiger partial charge is 0.340 e. The number of benzene rings is 2. The highest BCUT2D eigenvalue weighted by atomic mass is 32.1. The molecule has 7 rings (SSSR count). The molecule has 1 saturated carbocycles. The fourth-order valence-electron chi connectivity index (χ4n) is 7.92. The number of rotatable bonds is 6.